The molecule has 0 amide bonds. The van der Waals surface area contributed by atoms with Crippen LogP contribution >= 0.6 is 34.0 Å². The first-order valence-electron chi connectivity index (χ1n) is 3.99. The van der Waals surface area contributed by atoms with Crippen molar-refractivity contribution in [3.8, 4) is 0 Å². The third-order valence-electron chi connectivity index (χ3n) is 1.28. The van der Waals surface area contributed by atoms with E-state index >= 15 is 0 Å². The Kier molecular flexibility index (Phi) is 29.9. The third-order valence-corrected chi connectivity index (χ3v) is 4.58. The Morgan fingerprint density at radius 3 is 1.45 bits per heavy atom. The molecule has 0 aliphatic rings. The molecule has 0 aromatic rings. The molecule has 0 fully saturated rings. The number of halogens is 2. The van der Waals surface area contributed by atoms with Gasteiger partial charge in [0.1, 0.15) is 0 Å². The van der Waals surface area contributed by atoms with Crippen molar-refractivity contribution >= 4 is 54.9 Å². The summed E-state index contributed by atoms with van der Waals surface area (Å²) < 4.78 is 3.17. The van der Waals surface area contributed by atoms with E-state index in [1.807, 2.05) is 0 Å². The van der Waals surface area contributed by atoms with Gasteiger partial charge >= 0.3 is 69.4 Å². The van der Waals surface area contributed by atoms with Crippen LogP contribution < -0.4 is 0 Å². The molecule has 0 aliphatic heterocycles. The van der Waals surface area contributed by atoms with Gasteiger partial charge in [-0.15, -0.1) is 34.0 Å². The van der Waals surface area contributed by atoms with E-state index in [2.05, 4.69) is 13.8 Å². The molecule has 3 heteroatoms. The number of hydrogen-bond donors (Lipinski definition) is 0. The minimum absolute atomic E-state index is 0. The van der Waals surface area contributed by atoms with Crippen LogP contribution in [-0.4, -0.2) is 20.9 Å². The third kappa shape index (κ3) is 18.6. The molecule has 0 heterocycles. The predicted molar refractivity (Wildman–Crippen MR) is 65.8 cm³/mol. The normalized spacial score (nSPS) is 8.18. The van der Waals surface area contributed by atoms with E-state index in [4.69, 9.17) is 0 Å². The van der Waals surface area contributed by atoms with Crippen molar-refractivity contribution in [3.05, 3.63) is 0 Å². The van der Waals surface area contributed by atoms with Gasteiger partial charge in [0.15, 0.2) is 0 Å². The van der Waals surface area contributed by atoms with E-state index in [-0.39, 0.29) is 34.0 Å². The second-order valence-corrected chi connectivity index (χ2v) is 5.82. The molecule has 0 rings (SSSR count). The first-order valence-corrected chi connectivity index (χ1v) is 7.29. The van der Waals surface area contributed by atoms with Crippen LogP contribution in [0.4, 0.5) is 0 Å². The molecule has 0 saturated carbocycles. The molecule has 0 aromatic carbocycles. The van der Waals surface area contributed by atoms with Gasteiger partial charge in [0.05, 0.1) is 0 Å². The summed E-state index contributed by atoms with van der Waals surface area (Å²) in [5, 5.41) is 0. The van der Waals surface area contributed by atoms with Crippen LogP contribution in [-0.2, 0) is 0 Å². The number of hydrogen-bond acceptors (Lipinski definition) is 0. The first kappa shape index (κ1) is 18.5. The zero-order chi connectivity index (χ0) is 6.95. The summed E-state index contributed by atoms with van der Waals surface area (Å²) in [4.78, 5) is 0. The minimum atomic E-state index is 0. The summed E-state index contributed by atoms with van der Waals surface area (Å²) >= 11 is 0.458. The van der Waals surface area contributed by atoms with E-state index in [9.17, 15) is 0 Å². The van der Waals surface area contributed by atoms with Gasteiger partial charge in [0.25, 0.3) is 0 Å². The maximum atomic E-state index is 2.28. The molecule has 1 radical (unpaired) electrons. The van der Waals surface area contributed by atoms with Crippen LogP contribution in [0.25, 0.3) is 0 Å². The Bertz CT molecular complexity index is 45.4. The number of rotatable bonds is 6. The summed E-state index contributed by atoms with van der Waals surface area (Å²) in [5.41, 5.74) is 0. The van der Waals surface area contributed by atoms with Crippen LogP contribution in [0.15, 0.2) is 0 Å². The average Bonchev–Trinajstić information content (AvgIpc) is 1.89. The molecule has 0 aliphatic carbocycles. The second kappa shape index (κ2) is 17.7. The SMILES string of the molecule is Br.Br.CCCC[Te+]CCCC. The molecule has 0 aromatic heterocycles. The fraction of sp³-hybridized carbons (Fsp3) is 1.00. The van der Waals surface area contributed by atoms with E-state index < -0.39 is 0 Å². The summed E-state index contributed by atoms with van der Waals surface area (Å²) in [6.07, 6.45) is 5.78. The Labute approximate surface area is 103 Å². The van der Waals surface area contributed by atoms with Crippen LogP contribution in [0, 0.1) is 0 Å². The van der Waals surface area contributed by atoms with Gasteiger partial charge in [0.2, 0.25) is 0 Å². The molecule has 11 heavy (non-hydrogen) atoms. The fourth-order valence-corrected chi connectivity index (χ4v) is 3.99. The van der Waals surface area contributed by atoms with Gasteiger partial charge in [-0.1, -0.05) is 0 Å². The molecule has 0 bridgehead atoms. The van der Waals surface area contributed by atoms with Crippen LogP contribution in [0.1, 0.15) is 39.5 Å². The zero-order valence-corrected chi connectivity index (χ0v) is 13.2. The first-order chi connectivity index (χ1) is 4.41. The van der Waals surface area contributed by atoms with Crippen molar-refractivity contribution in [2.24, 2.45) is 0 Å². The molecule has 71 valence electrons. The summed E-state index contributed by atoms with van der Waals surface area (Å²) in [6.45, 7) is 4.57. The Balaban J connectivity index is -0.000000320. The quantitative estimate of drug-likeness (QED) is 0.459. The topological polar surface area (TPSA) is 0 Å². The molecular weight excluding hydrogens is 383 g/mol. The van der Waals surface area contributed by atoms with Crippen LogP contribution in [0.5, 0.6) is 0 Å². The predicted octanol–water partition coefficient (Wildman–Crippen LogP) is 4.28. The van der Waals surface area contributed by atoms with Crippen LogP contribution in [0.3, 0.4) is 0 Å². The zero-order valence-electron chi connectivity index (χ0n) is 7.47. The van der Waals surface area contributed by atoms with Crippen LogP contribution in [0.2, 0.25) is 8.94 Å². The second-order valence-electron chi connectivity index (χ2n) is 2.32. The van der Waals surface area contributed by atoms with Crippen molar-refractivity contribution in [1.82, 2.24) is 0 Å². The summed E-state index contributed by atoms with van der Waals surface area (Å²) in [7, 11) is 0. The molecular formula is C8H20Br2Te+. The van der Waals surface area contributed by atoms with E-state index in [1.165, 1.54) is 25.7 Å². The molecule has 0 nitrogen and oxygen atoms in total. The molecule has 0 unspecified atom stereocenters. The van der Waals surface area contributed by atoms with Gasteiger partial charge in [-0.25, -0.2) is 0 Å². The molecule has 0 atom stereocenters. The summed E-state index contributed by atoms with van der Waals surface area (Å²) in [5.74, 6) is 0. The summed E-state index contributed by atoms with van der Waals surface area (Å²) in [6, 6.07) is 0. The van der Waals surface area contributed by atoms with E-state index in [0.29, 0.717) is 20.9 Å². The van der Waals surface area contributed by atoms with Gasteiger partial charge in [0, 0.05) is 0 Å². The van der Waals surface area contributed by atoms with Crippen molar-refractivity contribution < 1.29 is 0 Å². The number of unbranched alkanes of at least 4 members (excludes halogenated alkanes) is 2. The monoisotopic (exact) mass is 404 g/mol. The van der Waals surface area contributed by atoms with Crippen molar-refractivity contribution in [3.63, 3.8) is 0 Å². The van der Waals surface area contributed by atoms with Gasteiger partial charge in [-0.05, 0) is 0 Å². The standard InChI is InChI=1S/C8H18Te.2BrH/c1-3-5-7-9-8-6-4-2;;/h3-8H2,1-2H3;2*1H/q+1;;. The van der Waals surface area contributed by atoms with Gasteiger partial charge in [-0.3, -0.25) is 0 Å². The molecule has 0 spiro atoms. The maximum absolute atomic E-state index is 2.28. The average molecular weight is 404 g/mol. The van der Waals surface area contributed by atoms with Crippen molar-refractivity contribution in [2.45, 2.75) is 48.5 Å². The van der Waals surface area contributed by atoms with E-state index in [0.717, 1.165) is 0 Å². The fourth-order valence-electron chi connectivity index (χ4n) is 0.595. The van der Waals surface area contributed by atoms with Gasteiger partial charge in [-0.2, -0.15) is 0 Å². The Morgan fingerprint density at radius 2 is 1.18 bits per heavy atom. The van der Waals surface area contributed by atoms with Crippen molar-refractivity contribution in [1.29, 1.82) is 0 Å². The molecule has 0 N–H and O–H groups in total. The van der Waals surface area contributed by atoms with Crippen molar-refractivity contribution in [2.75, 3.05) is 0 Å². The molecule has 0 saturated heterocycles. The Morgan fingerprint density at radius 1 is 0.818 bits per heavy atom. The van der Waals surface area contributed by atoms with E-state index in [1.54, 1.807) is 8.94 Å². The van der Waals surface area contributed by atoms with Gasteiger partial charge < -0.3 is 0 Å². The Hall–Kier alpha value is 1.75.